The maximum atomic E-state index is 12.1. The van der Waals surface area contributed by atoms with Crippen LogP contribution in [0.3, 0.4) is 0 Å². The van der Waals surface area contributed by atoms with Gasteiger partial charge in [-0.15, -0.1) is 0 Å². The number of carbonyl (C=O) groups excluding carboxylic acids is 1. The van der Waals surface area contributed by atoms with Crippen molar-refractivity contribution in [3.63, 3.8) is 0 Å². The Morgan fingerprint density at radius 3 is 1.65 bits per heavy atom. The number of amides is 1. The molecule has 0 aliphatic rings. The average Bonchev–Trinajstić information content (AvgIpc) is 2.61. The Hall–Kier alpha value is -1.10. The van der Waals surface area contributed by atoms with Crippen LogP contribution in [0.25, 0.3) is 0 Å². The van der Waals surface area contributed by atoms with E-state index in [1.54, 1.807) is 4.90 Å². The first-order valence-corrected chi connectivity index (χ1v) is 10.7. The number of aliphatic hydroxyl groups excluding tert-OH is 1. The van der Waals surface area contributed by atoms with Gasteiger partial charge in [0.25, 0.3) is 0 Å². The largest absolute Gasteiger partial charge is 0.481 e. The van der Waals surface area contributed by atoms with Crippen LogP contribution < -0.4 is 0 Å². The van der Waals surface area contributed by atoms with Gasteiger partial charge in [-0.25, -0.2) is 0 Å². The van der Waals surface area contributed by atoms with Gasteiger partial charge in [-0.2, -0.15) is 0 Å². The number of aliphatic carboxylic acids is 1. The monoisotopic (exact) mass is 371 g/mol. The average molecular weight is 372 g/mol. The van der Waals surface area contributed by atoms with Gasteiger partial charge in [-0.3, -0.25) is 9.59 Å². The second-order valence-corrected chi connectivity index (χ2v) is 7.24. The second kappa shape index (κ2) is 18.7. The Morgan fingerprint density at radius 2 is 1.19 bits per heavy atom. The van der Waals surface area contributed by atoms with Crippen LogP contribution >= 0.6 is 0 Å². The molecule has 5 heteroatoms. The molecule has 0 aliphatic carbocycles. The predicted molar refractivity (Wildman–Crippen MR) is 106 cm³/mol. The van der Waals surface area contributed by atoms with Crippen molar-refractivity contribution in [2.24, 2.45) is 0 Å². The molecule has 0 rings (SSSR count). The Kier molecular flexibility index (Phi) is 17.9. The molecule has 0 atom stereocenters. The summed E-state index contributed by atoms with van der Waals surface area (Å²) in [4.78, 5) is 24.3. The van der Waals surface area contributed by atoms with E-state index in [1.807, 2.05) is 0 Å². The molecule has 0 aromatic carbocycles. The number of hydrogen-bond acceptors (Lipinski definition) is 3. The lowest BCUT2D eigenvalue weighted by Crippen LogP contribution is -2.34. The van der Waals surface area contributed by atoms with Crippen LogP contribution in [0, 0.1) is 0 Å². The number of nitrogens with zero attached hydrogens (tertiary/aromatic N) is 1. The number of carbonyl (C=O) groups is 2. The smallest absolute Gasteiger partial charge is 0.303 e. The summed E-state index contributed by atoms with van der Waals surface area (Å²) in [5.41, 5.74) is 0. The zero-order valence-corrected chi connectivity index (χ0v) is 16.9. The first-order chi connectivity index (χ1) is 12.6. The van der Waals surface area contributed by atoms with Gasteiger partial charge in [0, 0.05) is 25.9 Å². The SMILES string of the molecule is CCCCCCCCCCCCCCN(CCO)C(=O)CCCC(=O)O. The summed E-state index contributed by atoms with van der Waals surface area (Å²) in [6.07, 6.45) is 16.0. The highest BCUT2D eigenvalue weighted by Gasteiger charge is 2.12. The van der Waals surface area contributed by atoms with Crippen molar-refractivity contribution < 1.29 is 19.8 Å². The normalized spacial score (nSPS) is 10.8. The lowest BCUT2D eigenvalue weighted by molar-refractivity contribution is -0.137. The Labute approximate surface area is 160 Å². The molecule has 0 saturated carbocycles. The summed E-state index contributed by atoms with van der Waals surface area (Å²) < 4.78 is 0. The Bertz CT molecular complexity index is 347. The van der Waals surface area contributed by atoms with E-state index in [-0.39, 0.29) is 25.4 Å². The van der Waals surface area contributed by atoms with Crippen molar-refractivity contribution in [3.05, 3.63) is 0 Å². The highest BCUT2D eigenvalue weighted by atomic mass is 16.4. The molecule has 0 aromatic rings. The van der Waals surface area contributed by atoms with E-state index >= 15 is 0 Å². The quantitative estimate of drug-likeness (QED) is 0.321. The number of unbranched alkanes of at least 4 members (excludes halogenated alkanes) is 11. The van der Waals surface area contributed by atoms with Gasteiger partial charge in [0.1, 0.15) is 0 Å². The topological polar surface area (TPSA) is 77.8 Å². The summed E-state index contributed by atoms with van der Waals surface area (Å²) >= 11 is 0. The zero-order chi connectivity index (χ0) is 19.5. The molecule has 0 bridgehead atoms. The molecule has 0 heterocycles. The van der Waals surface area contributed by atoms with Gasteiger partial charge >= 0.3 is 5.97 Å². The highest BCUT2D eigenvalue weighted by Crippen LogP contribution is 2.12. The van der Waals surface area contributed by atoms with E-state index in [2.05, 4.69) is 6.92 Å². The third-order valence-corrected chi connectivity index (χ3v) is 4.79. The number of aliphatic hydroxyl groups is 1. The van der Waals surface area contributed by atoms with E-state index in [0.717, 1.165) is 12.8 Å². The van der Waals surface area contributed by atoms with Crippen LogP contribution in [0.5, 0.6) is 0 Å². The first-order valence-electron chi connectivity index (χ1n) is 10.7. The molecule has 154 valence electrons. The molecule has 0 radical (unpaired) electrons. The Balaban J connectivity index is 3.58. The minimum Gasteiger partial charge on any atom is -0.481 e. The summed E-state index contributed by atoms with van der Waals surface area (Å²) in [6.45, 7) is 3.23. The lowest BCUT2D eigenvalue weighted by Gasteiger charge is -2.21. The molecule has 0 fully saturated rings. The molecular formula is C21H41NO4. The van der Waals surface area contributed by atoms with Gasteiger partial charge < -0.3 is 15.1 Å². The van der Waals surface area contributed by atoms with Crippen LogP contribution in [-0.4, -0.2) is 46.7 Å². The number of hydrogen-bond donors (Lipinski definition) is 2. The molecule has 5 nitrogen and oxygen atoms in total. The minimum absolute atomic E-state index is 0.0251. The first kappa shape index (κ1) is 24.9. The van der Waals surface area contributed by atoms with Crippen LogP contribution in [-0.2, 0) is 9.59 Å². The second-order valence-electron chi connectivity index (χ2n) is 7.24. The van der Waals surface area contributed by atoms with Crippen LogP contribution in [0.4, 0.5) is 0 Å². The van der Waals surface area contributed by atoms with Crippen molar-refractivity contribution in [2.45, 2.75) is 103 Å². The molecule has 0 aromatic heterocycles. The fourth-order valence-corrected chi connectivity index (χ4v) is 3.17. The maximum absolute atomic E-state index is 12.1. The maximum Gasteiger partial charge on any atom is 0.303 e. The summed E-state index contributed by atoms with van der Waals surface area (Å²) in [5, 5.41) is 17.7. The van der Waals surface area contributed by atoms with Gasteiger partial charge in [0.15, 0.2) is 0 Å². The highest BCUT2D eigenvalue weighted by molar-refractivity contribution is 5.77. The van der Waals surface area contributed by atoms with Crippen LogP contribution in [0.2, 0.25) is 0 Å². The summed E-state index contributed by atoms with van der Waals surface area (Å²) in [5.74, 6) is -0.907. The standard InChI is InChI=1S/C21H41NO4/c1-2-3-4-5-6-7-8-9-10-11-12-13-17-22(18-19-23)20(24)15-14-16-21(25)26/h23H,2-19H2,1H3,(H,25,26). The fourth-order valence-electron chi connectivity index (χ4n) is 3.17. The molecule has 26 heavy (non-hydrogen) atoms. The van der Waals surface area contributed by atoms with Crippen molar-refractivity contribution in [1.29, 1.82) is 0 Å². The third kappa shape index (κ3) is 16.4. The molecule has 2 N–H and O–H groups in total. The van der Waals surface area contributed by atoms with E-state index in [1.165, 1.54) is 64.2 Å². The minimum atomic E-state index is -0.868. The van der Waals surface area contributed by atoms with Crippen molar-refractivity contribution in [3.8, 4) is 0 Å². The molecule has 0 unspecified atom stereocenters. The Morgan fingerprint density at radius 1 is 0.692 bits per heavy atom. The van der Waals surface area contributed by atoms with E-state index in [0.29, 0.717) is 19.5 Å². The molecular weight excluding hydrogens is 330 g/mol. The number of carboxylic acids is 1. The van der Waals surface area contributed by atoms with Gasteiger partial charge in [0.05, 0.1) is 6.61 Å². The van der Waals surface area contributed by atoms with Crippen molar-refractivity contribution >= 4 is 11.9 Å². The van der Waals surface area contributed by atoms with E-state index < -0.39 is 5.97 Å². The van der Waals surface area contributed by atoms with Crippen molar-refractivity contribution in [2.75, 3.05) is 19.7 Å². The van der Waals surface area contributed by atoms with Gasteiger partial charge in [-0.05, 0) is 12.8 Å². The zero-order valence-electron chi connectivity index (χ0n) is 16.9. The van der Waals surface area contributed by atoms with E-state index in [4.69, 9.17) is 10.2 Å². The molecule has 0 aliphatic heterocycles. The van der Waals surface area contributed by atoms with Gasteiger partial charge in [0.2, 0.25) is 5.91 Å². The van der Waals surface area contributed by atoms with Crippen molar-refractivity contribution in [1.82, 2.24) is 4.90 Å². The number of rotatable bonds is 19. The summed E-state index contributed by atoms with van der Waals surface area (Å²) in [6, 6.07) is 0. The molecule has 0 saturated heterocycles. The fraction of sp³-hybridized carbons (Fsp3) is 0.905. The number of carboxylic acid groups (broad SMARTS) is 1. The van der Waals surface area contributed by atoms with E-state index in [9.17, 15) is 9.59 Å². The molecule has 0 spiro atoms. The van der Waals surface area contributed by atoms with Gasteiger partial charge in [-0.1, -0.05) is 77.6 Å². The molecule has 1 amide bonds. The van der Waals surface area contributed by atoms with Crippen LogP contribution in [0.15, 0.2) is 0 Å². The predicted octanol–water partition coefficient (Wildman–Crippen LogP) is 4.76. The lowest BCUT2D eigenvalue weighted by atomic mass is 10.1. The third-order valence-electron chi connectivity index (χ3n) is 4.79. The van der Waals surface area contributed by atoms with Crippen LogP contribution in [0.1, 0.15) is 103 Å². The summed E-state index contributed by atoms with van der Waals surface area (Å²) in [7, 11) is 0.